The zero-order valence-corrected chi connectivity index (χ0v) is 21.1. The van der Waals surface area contributed by atoms with E-state index in [2.05, 4.69) is 30.8 Å². The maximum Gasteiger partial charge on any atom is 0.270 e. The highest BCUT2D eigenvalue weighted by atomic mass is 16.5. The number of methoxy groups -OCH3 is 1. The summed E-state index contributed by atoms with van der Waals surface area (Å²) in [5, 5.41) is 13.5. The summed E-state index contributed by atoms with van der Waals surface area (Å²) >= 11 is 0. The number of hydrogen-bond donors (Lipinski definition) is 4. The fourth-order valence-electron chi connectivity index (χ4n) is 4.21. The van der Waals surface area contributed by atoms with Gasteiger partial charge in [-0.15, -0.1) is 5.10 Å². The summed E-state index contributed by atoms with van der Waals surface area (Å²) in [6.07, 6.45) is 11.2. The van der Waals surface area contributed by atoms with Gasteiger partial charge >= 0.3 is 0 Å². The molecule has 0 radical (unpaired) electrons. The van der Waals surface area contributed by atoms with E-state index < -0.39 is 11.9 Å². The van der Waals surface area contributed by atoms with Crippen LogP contribution in [0.5, 0.6) is 5.88 Å². The van der Waals surface area contributed by atoms with Gasteiger partial charge in [0.2, 0.25) is 11.8 Å². The Hall–Kier alpha value is -3.76. The summed E-state index contributed by atoms with van der Waals surface area (Å²) in [7, 11) is 1.51. The molecule has 0 aliphatic heterocycles. The highest BCUT2D eigenvalue weighted by Crippen LogP contribution is 2.50. The van der Waals surface area contributed by atoms with Crippen molar-refractivity contribution < 1.29 is 14.3 Å². The number of amides is 2. The maximum absolute atomic E-state index is 13.5. The molecule has 0 saturated heterocycles. The van der Waals surface area contributed by atoms with Gasteiger partial charge in [0.05, 0.1) is 25.5 Å². The van der Waals surface area contributed by atoms with Gasteiger partial charge in [0.15, 0.2) is 0 Å². The fourth-order valence-corrected chi connectivity index (χ4v) is 4.21. The smallest absolute Gasteiger partial charge is 0.270 e. The topological polar surface area (TPSA) is 170 Å². The van der Waals surface area contributed by atoms with E-state index in [1.807, 2.05) is 13.8 Å². The third kappa shape index (κ3) is 7.62. The molecule has 2 aliphatic carbocycles. The van der Waals surface area contributed by atoms with E-state index in [-0.39, 0.29) is 30.1 Å². The van der Waals surface area contributed by atoms with Gasteiger partial charge in [-0.2, -0.15) is 5.10 Å². The van der Waals surface area contributed by atoms with Gasteiger partial charge in [-0.25, -0.2) is 0 Å². The van der Waals surface area contributed by atoms with Crippen LogP contribution in [0.25, 0.3) is 0 Å². The summed E-state index contributed by atoms with van der Waals surface area (Å²) in [6.45, 7) is 4.00. The standard InChI is InChI=1S/C25H36N8O3/c1-15(2)30-20(8-10-26)23(34)32-22(21(16-4-5-16)17-6-7-17)24(35)31-19(12-27)14-28-13-18-9-11-29-33-25(18)36-3/h8-12,14-17,21-22H,4-7,13,26-27H2,1-3H3,(H,31,35)(H,32,34). The van der Waals surface area contributed by atoms with Crippen molar-refractivity contribution in [2.45, 2.75) is 58.2 Å². The van der Waals surface area contributed by atoms with Crippen LogP contribution in [0, 0.1) is 17.8 Å². The second-order valence-corrected chi connectivity index (χ2v) is 9.32. The van der Waals surface area contributed by atoms with Crippen molar-refractivity contribution in [1.29, 1.82) is 0 Å². The van der Waals surface area contributed by atoms with Crippen molar-refractivity contribution in [2.24, 2.45) is 39.2 Å². The minimum atomic E-state index is -0.728. The van der Waals surface area contributed by atoms with Crippen LogP contribution in [0.1, 0.15) is 45.1 Å². The fraction of sp³-hybridized carbons (Fsp3) is 0.520. The quantitative estimate of drug-likeness (QED) is 0.297. The number of hydrogen-bond acceptors (Lipinski definition) is 9. The second kappa shape index (κ2) is 12.8. The van der Waals surface area contributed by atoms with Crippen molar-refractivity contribution in [2.75, 3.05) is 7.11 Å². The summed E-state index contributed by atoms with van der Waals surface area (Å²) in [5.74, 6) is 0.491. The van der Waals surface area contributed by atoms with E-state index in [9.17, 15) is 9.59 Å². The maximum atomic E-state index is 13.5. The Labute approximate surface area is 211 Å². The first-order chi connectivity index (χ1) is 17.4. The molecule has 2 saturated carbocycles. The van der Waals surface area contributed by atoms with Crippen molar-refractivity contribution in [3.63, 3.8) is 0 Å². The SMILES string of the molecule is COc1nnccc1CN=CC(=CN)NC(=O)C(NC(=O)C(C=CN)=NC(C)C)C(C1CC1)C1CC1. The number of aliphatic imine (C=N–C) groups is 2. The largest absolute Gasteiger partial charge is 0.480 e. The number of allylic oxidation sites excluding steroid dienone is 1. The lowest BCUT2D eigenvalue weighted by Gasteiger charge is -2.27. The average molecular weight is 497 g/mol. The second-order valence-electron chi connectivity index (χ2n) is 9.32. The van der Waals surface area contributed by atoms with Gasteiger partial charge in [0.1, 0.15) is 11.8 Å². The Balaban J connectivity index is 1.75. The highest BCUT2D eigenvalue weighted by molar-refractivity contribution is 6.43. The number of aromatic nitrogens is 2. The lowest BCUT2D eigenvalue weighted by molar-refractivity contribution is -0.127. The Morgan fingerprint density at radius 3 is 2.47 bits per heavy atom. The van der Waals surface area contributed by atoms with Gasteiger partial charge in [-0.1, -0.05) is 0 Å². The zero-order valence-electron chi connectivity index (χ0n) is 21.1. The van der Waals surface area contributed by atoms with E-state index in [1.54, 1.807) is 12.3 Å². The summed E-state index contributed by atoms with van der Waals surface area (Å²) in [5.41, 5.74) is 12.6. The zero-order chi connectivity index (χ0) is 26.1. The molecule has 1 atom stereocenters. The Morgan fingerprint density at radius 2 is 1.92 bits per heavy atom. The molecule has 11 heteroatoms. The van der Waals surface area contributed by atoms with Crippen LogP contribution in [-0.4, -0.2) is 53.1 Å². The van der Waals surface area contributed by atoms with Crippen LogP contribution in [0.2, 0.25) is 0 Å². The molecular formula is C25H36N8O3. The van der Waals surface area contributed by atoms with E-state index in [0.717, 1.165) is 31.2 Å². The van der Waals surface area contributed by atoms with E-state index in [4.69, 9.17) is 16.2 Å². The van der Waals surface area contributed by atoms with Crippen LogP contribution in [0.15, 0.2) is 46.4 Å². The molecule has 0 bridgehead atoms. The Bertz CT molecular complexity index is 1030. The lowest BCUT2D eigenvalue weighted by Crippen LogP contribution is -2.53. The first kappa shape index (κ1) is 26.8. The normalized spacial score (nSPS) is 17.7. The molecule has 6 N–H and O–H groups in total. The van der Waals surface area contributed by atoms with E-state index in [0.29, 0.717) is 23.4 Å². The number of carbonyl (C=O) groups is 2. The third-order valence-corrected chi connectivity index (χ3v) is 6.07. The van der Waals surface area contributed by atoms with Gasteiger partial charge in [-0.3, -0.25) is 19.6 Å². The van der Waals surface area contributed by atoms with E-state index >= 15 is 0 Å². The average Bonchev–Trinajstić information content (AvgIpc) is 3.78. The molecule has 1 aromatic rings. The highest BCUT2D eigenvalue weighted by Gasteiger charge is 2.48. The minimum Gasteiger partial charge on any atom is -0.480 e. The van der Waals surface area contributed by atoms with Crippen LogP contribution in [0.3, 0.4) is 0 Å². The molecule has 2 aliphatic rings. The summed E-state index contributed by atoms with van der Waals surface area (Å²) in [4.78, 5) is 35.3. The predicted molar refractivity (Wildman–Crippen MR) is 138 cm³/mol. The number of nitrogens with one attached hydrogen (secondary N) is 2. The molecular weight excluding hydrogens is 460 g/mol. The van der Waals surface area contributed by atoms with Crippen molar-refractivity contribution >= 4 is 23.7 Å². The number of nitrogens with two attached hydrogens (primary N) is 2. The number of rotatable bonds is 13. The molecule has 1 heterocycles. The van der Waals surface area contributed by atoms with Crippen molar-refractivity contribution in [1.82, 2.24) is 20.8 Å². The van der Waals surface area contributed by atoms with Crippen LogP contribution >= 0.6 is 0 Å². The lowest BCUT2D eigenvalue weighted by atomic mass is 9.88. The molecule has 36 heavy (non-hydrogen) atoms. The number of nitrogens with zero attached hydrogens (tertiary/aromatic N) is 4. The molecule has 11 nitrogen and oxygen atoms in total. The number of carbonyl (C=O) groups excluding carboxylic acids is 2. The van der Waals surface area contributed by atoms with Crippen LogP contribution in [0.4, 0.5) is 0 Å². The first-order valence-corrected chi connectivity index (χ1v) is 12.2. The Morgan fingerprint density at radius 1 is 1.22 bits per heavy atom. The molecule has 1 unspecified atom stereocenters. The molecule has 3 rings (SSSR count). The number of ether oxygens (including phenoxy) is 1. The molecule has 0 aromatic carbocycles. The molecule has 1 aromatic heterocycles. The summed E-state index contributed by atoms with van der Waals surface area (Å²) in [6, 6.07) is 0.921. The van der Waals surface area contributed by atoms with Crippen LogP contribution in [-0.2, 0) is 16.1 Å². The Kier molecular flexibility index (Phi) is 9.54. The molecule has 0 spiro atoms. The van der Waals surface area contributed by atoms with Gasteiger partial charge in [-0.05, 0) is 75.6 Å². The van der Waals surface area contributed by atoms with E-state index in [1.165, 1.54) is 31.8 Å². The predicted octanol–water partition coefficient (Wildman–Crippen LogP) is 1.22. The van der Waals surface area contributed by atoms with Gasteiger partial charge < -0.3 is 26.8 Å². The monoisotopic (exact) mass is 496 g/mol. The molecule has 194 valence electrons. The molecule has 2 amide bonds. The molecule has 2 fully saturated rings. The third-order valence-electron chi connectivity index (χ3n) is 6.07. The summed E-state index contributed by atoms with van der Waals surface area (Å²) < 4.78 is 5.19. The van der Waals surface area contributed by atoms with Crippen LogP contribution < -0.4 is 26.8 Å². The minimum absolute atomic E-state index is 0.0548. The van der Waals surface area contributed by atoms with Crippen molar-refractivity contribution in [3.05, 3.63) is 42.0 Å². The van der Waals surface area contributed by atoms with Crippen molar-refractivity contribution in [3.8, 4) is 5.88 Å². The van der Waals surface area contributed by atoms with Gasteiger partial charge in [0.25, 0.3) is 5.91 Å². The first-order valence-electron chi connectivity index (χ1n) is 12.2. The van der Waals surface area contributed by atoms with Gasteiger partial charge in [0, 0.05) is 24.0 Å².